The van der Waals surface area contributed by atoms with Crippen molar-refractivity contribution in [3.8, 4) is 17.2 Å². The van der Waals surface area contributed by atoms with E-state index < -0.39 is 0 Å². The van der Waals surface area contributed by atoms with Gasteiger partial charge in [-0.05, 0) is 24.3 Å². The minimum atomic E-state index is -0.273. The van der Waals surface area contributed by atoms with Crippen molar-refractivity contribution in [3.63, 3.8) is 0 Å². The zero-order valence-corrected chi connectivity index (χ0v) is 15.9. The molecular formula is C21H21N3O4. The van der Waals surface area contributed by atoms with Crippen LogP contribution in [0.2, 0.25) is 0 Å². The van der Waals surface area contributed by atoms with E-state index in [0.29, 0.717) is 34.3 Å². The number of para-hydroxylation sites is 1. The fraction of sp³-hybridized carbons (Fsp3) is 0.143. The van der Waals surface area contributed by atoms with Crippen molar-refractivity contribution in [2.24, 2.45) is 0 Å². The molecule has 7 nitrogen and oxygen atoms in total. The number of nitrogens with one attached hydrogen (secondary N) is 2. The highest BCUT2D eigenvalue weighted by atomic mass is 16.5. The van der Waals surface area contributed by atoms with Crippen LogP contribution in [0.15, 0.2) is 60.8 Å². The van der Waals surface area contributed by atoms with Crippen LogP contribution in [0.5, 0.6) is 17.2 Å². The van der Waals surface area contributed by atoms with E-state index in [2.05, 4.69) is 15.6 Å². The molecule has 2 N–H and O–H groups in total. The van der Waals surface area contributed by atoms with Gasteiger partial charge in [0.1, 0.15) is 5.69 Å². The number of pyridine rings is 1. The lowest BCUT2D eigenvalue weighted by molar-refractivity contribution is 0.102. The lowest BCUT2D eigenvalue weighted by atomic mass is 10.2. The molecule has 1 aromatic heterocycles. The molecule has 3 aromatic rings. The third-order valence-corrected chi connectivity index (χ3v) is 3.98. The van der Waals surface area contributed by atoms with Crippen LogP contribution < -0.4 is 24.8 Å². The standard InChI is InChI=1S/C21H21N3O4/c1-26-18-11-16(12-19(27-2)20(18)28-3)23-15-9-10-17(22-13-15)21(25)24-14-7-5-4-6-8-14/h4-13,23H,1-3H3,(H,24,25). The Bertz CT molecular complexity index is 919. The number of hydrogen-bond acceptors (Lipinski definition) is 6. The van der Waals surface area contributed by atoms with E-state index >= 15 is 0 Å². The number of carbonyl (C=O) groups excluding carboxylic acids is 1. The van der Waals surface area contributed by atoms with Gasteiger partial charge in [-0.15, -0.1) is 0 Å². The lowest BCUT2D eigenvalue weighted by Gasteiger charge is -2.15. The second-order valence-electron chi connectivity index (χ2n) is 5.79. The van der Waals surface area contributed by atoms with Gasteiger partial charge in [-0.2, -0.15) is 0 Å². The summed E-state index contributed by atoms with van der Waals surface area (Å²) < 4.78 is 16.0. The highest BCUT2D eigenvalue weighted by Crippen LogP contribution is 2.40. The summed E-state index contributed by atoms with van der Waals surface area (Å²) >= 11 is 0. The number of hydrogen-bond donors (Lipinski definition) is 2. The molecule has 0 spiro atoms. The van der Waals surface area contributed by atoms with Crippen molar-refractivity contribution in [1.82, 2.24) is 4.98 Å². The molecule has 1 heterocycles. The number of anilines is 3. The van der Waals surface area contributed by atoms with Crippen LogP contribution >= 0.6 is 0 Å². The van der Waals surface area contributed by atoms with Gasteiger partial charge in [0, 0.05) is 23.5 Å². The Hall–Kier alpha value is -3.74. The molecule has 3 rings (SSSR count). The maximum Gasteiger partial charge on any atom is 0.274 e. The summed E-state index contributed by atoms with van der Waals surface area (Å²) in [5.74, 6) is 1.32. The zero-order chi connectivity index (χ0) is 19.9. The molecule has 7 heteroatoms. The summed E-state index contributed by atoms with van der Waals surface area (Å²) in [6.07, 6.45) is 1.59. The van der Waals surface area contributed by atoms with Crippen molar-refractivity contribution < 1.29 is 19.0 Å². The molecule has 0 fully saturated rings. The van der Waals surface area contributed by atoms with Crippen LogP contribution in [0.25, 0.3) is 0 Å². The van der Waals surface area contributed by atoms with Gasteiger partial charge in [-0.1, -0.05) is 18.2 Å². The maximum atomic E-state index is 12.3. The van der Waals surface area contributed by atoms with E-state index in [1.807, 2.05) is 30.3 Å². The first kappa shape index (κ1) is 19.0. The molecule has 0 radical (unpaired) electrons. The van der Waals surface area contributed by atoms with Crippen LogP contribution in [0.4, 0.5) is 17.1 Å². The molecule has 1 amide bonds. The van der Waals surface area contributed by atoms with Gasteiger partial charge in [0.25, 0.3) is 5.91 Å². The van der Waals surface area contributed by atoms with Gasteiger partial charge >= 0.3 is 0 Å². The zero-order valence-electron chi connectivity index (χ0n) is 15.9. The molecule has 0 unspecified atom stereocenters. The molecule has 0 aliphatic carbocycles. The average Bonchev–Trinajstić information content (AvgIpc) is 2.74. The van der Waals surface area contributed by atoms with Gasteiger partial charge in [0.15, 0.2) is 11.5 Å². The molecule has 0 atom stereocenters. The van der Waals surface area contributed by atoms with Gasteiger partial charge in [-0.25, -0.2) is 4.98 Å². The SMILES string of the molecule is COc1cc(Nc2ccc(C(=O)Nc3ccccc3)nc2)cc(OC)c1OC. The Labute approximate surface area is 163 Å². The molecule has 0 saturated heterocycles. The smallest absolute Gasteiger partial charge is 0.274 e. The number of rotatable bonds is 7. The largest absolute Gasteiger partial charge is 0.493 e. The Balaban J connectivity index is 1.74. The normalized spacial score (nSPS) is 10.1. The van der Waals surface area contributed by atoms with Crippen LogP contribution in [0, 0.1) is 0 Å². The summed E-state index contributed by atoms with van der Waals surface area (Å²) in [6.45, 7) is 0. The third kappa shape index (κ3) is 4.32. The predicted octanol–water partition coefficient (Wildman–Crippen LogP) is 4.10. The first-order chi connectivity index (χ1) is 13.6. The highest BCUT2D eigenvalue weighted by molar-refractivity contribution is 6.02. The second kappa shape index (κ2) is 8.77. The Morgan fingerprint density at radius 2 is 1.50 bits per heavy atom. The molecule has 0 aliphatic heterocycles. The average molecular weight is 379 g/mol. The number of ether oxygens (including phenoxy) is 3. The van der Waals surface area contributed by atoms with Gasteiger partial charge in [-0.3, -0.25) is 4.79 Å². The molecule has 144 valence electrons. The molecule has 28 heavy (non-hydrogen) atoms. The fourth-order valence-electron chi connectivity index (χ4n) is 2.64. The van der Waals surface area contributed by atoms with Crippen molar-refractivity contribution in [3.05, 3.63) is 66.5 Å². The fourth-order valence-corrected chi connectivity index (χ4v) is 2.64. The molecule has 0 saturated carbocycles. The van der Waals surface area contributed by atoms with E-state index in [0.717, 1.165) is 5.69 Å². The quantitative estimate of drug-likeness (QED) is 0.643. The van der Waals surface area contributed by atoms with E-state index in [-0.39, 0.29) is 5.91 Å². The predicted molar refractivity (Wildman–Crippen MR) is 108 cm³/mol. The van der Waals surface area contributed by atoms with Crippen LogP contribution in [0.3, 0.4) is 0 Å². The van der Waals surface area contributed by atoms with Gasteiger partial charge in [0.2, 0.25) is 5.75 Å². The van der Waals surface area contributed by atoms with Gasteiger partial charge < -0.3 is 24.8 Å². The van der Waals surface area contributed by atoms with E-state index in [1.165, 1.54) is 0 Å². The van der Waals surface area contributed by atoms with Crippen molar-refractivity contribution >= 4 is 23.0 Å². The summed E-state index contributed by atoms with van der Waals surface area (Å²) in [4.78, 5) is 16.5. The van der Waals surface area contributed by atoms with Crippen LogP contribution in [-0.2, 0) is 0 Å². The summed E-state index contributed by atoms with van der Waals surface area (Å²) in [5.41, 5.74) is 2.48. The minimum Gasteiger partial charge on any atom is -0.493 e. The lowest BCUT2D eigenvalue weighted by Crippen LogP contribution is -2.13. The van der Waals surface area contributed by atoms with Crippen molar-refractivity contribution in [2.75, 3.05) is 32.0 Å². The summed E-state index contributed by atoms with van der Waals surface area (Å²) in [6, 6.07) is 16.2. The van der Waals surface area contributed by atoms with Gasteiger partial charge in [0.05, 0.1) is 33.2 Å². The number of methoxy groups -OCH3 is 3. The molecule has 2 aromatic carbocycles. The Kier molecular flexibility index (Phi) is 5.96. The van der Waals surface area contributed by atoms with Crippen LogP contribution in [0.1, 0.15) is 10.5 Å². The molecular weight excluding hydrogens is 358 g/mol. The minimum absolute atomic E-state index is 0.273. The van der Waals surface area contributed by atoms with E-state index in [9.17, 15) is 4.79 Å². The number of aromatic nitrogens is 1. The van der Waals surface area contributed by atoms with Crippen molar-refractivity contribution in [1.29, 1.82) is 0 Å². The Morgan fingerprint density at radius 1 is 0.821 bits per heavy atom. The summed E-state index contributed by atoms with van der Waals surface area (Å²) in [7, 11) is 4.67. The first-order valence-corrected chi connectivity index (χ1v) is 8.54. The third-order valence-electron chi connectivity index (χ3n) is 3.98. The van der Waals surface area contributed by atoms with E-state index in [4.69, 9.17) is 14.2 Å². The number of benzene rings is 2. The number of amides is 1. The second-order valence-corrected chi connectivity index (χ2v) is 5.79. The topological polar surface area (TPSA) is 81.7 Å². The molecule has 0 bridgehead atoms. The number of carbonyl (C=O) groups is 1. The first-order valence-electron chi connectivity index (χ1n) is 8.54. The monoisotopic (exact) mass is 379 g/mol. The highest BCUT2D eigenvalue weighted by Gasteiger charge is 2.14. The Morgan fingerprint density at radius 3 is 2.04 bits per heavy atom. The maximum absolute atomic E-state index is 12.3. The van der Waals surface area contributed by atoms with Crippen molar-refractivity contribution in [2.45, 2.75) is 0 Å². The summed E-state index contributed by atoms with van der Waals surface area (Å²) in [5, 5.41) is 6.01. The number of nitrogens with zero attached hydrogens (tertiary/aromatic N) is 1. The van der Waals surface area contributed by atoms with Crippen LogP contribution in [-0.4, -0.2) is 32.2 Å². The van der Waals surface area contributed by atoms with E-state index in [1.54, 1.807) is 51.8 Å². The molecule has 0 aliphatic rings.